The van der Waals surface area contributed by atoms with E-state index in [0.29, 0.717) is 34.2 Å². The zero-order valence-electron chi connectivity index (χ0n) is 21.6. The Kier molecular flexibility index (Phi) is 9.76. The Hall–Kier alpha value is -4.35. The van der Waals surface area contributed by atoms with Crippen molar-refractivity contribution in [1.29, 1.82) is 0 Å². The molecule has 4 aromatic rings. The first-order valence-electron chi connectivity index (χ1n) is 12.2. The van der Waals surface area contributed by atoms with Crippen LogP contribution in [0.15, 0.2) is 65.8 Å². The number of rotatable bonds is 11. The molecule has 1 heterocycles. The Morgan fingerprint density at radius 1 is 1.07 bits per heavy atom. The summed E-state index contributed by atoms with van der Waals surface area (Å²) < 4.78 is 24.7. The number of hydrogen-bond acceptors (Lipinski definition) is 8. The third kappa shape index (κ3) is 8.08. The summed E-state index contributed by atoms with van der Waals surface area (Å²) in [5, 5.41) is 15.5. The number of carbonyl (C=O) groups excluding carboxylic acids is 2. The highest BCUT2D eigenvalue weighted by atomic mass is 35.5. The molecule has 0 saturated heterocycles. The third-order valence-corrected chi connectivity index (χ3v) is 6.46. The monoisotopic (exact) mass is 581 g/mol. The Balaban J connectivity index is 1.32. The summed E-state index contributed by atoms with van der Waals surface area (Å²) in [5.41, 5.74) is 5.31. The minimum absolute atomic E-state index is 0.0729. The van der Waals surface area contributed by atoms with Crippen molar-refractivity contribution >= 4 is 46.1 Å². The van der Waals surface area contributed by atoms with E-state index in [1.54, 1.807) is 36.4 Å². The summed E-state index contributed by atoms with van der Waals surface area (Å²) >= 11 is 7.54. The van der Waals surface area contributed by atoms with Gasteiger partial charge in [-0.1, -0.05) is 52.8 Å². The van der Waals surface area contributed by atoms with Crippen LogP contribution in [0.1, 0.15) is 39.0 Å². The smallest absolute Gasteiger partial charge is 0.257 e. The number of aromatic nitrogens is 2. The number of aryl methyl sites for hydroxylation is 1. The van der Waals surface area contributed by atoms with Gasteiger partial charge in [-0.3, -0.25) is 14.9 Å². The SMILES string of the molecule is CCOc1cc(C=NNC(=O)Cc2nnc(NC(=O)c3ccc(C)cc3)s2)cc(Cl)c1OCc1ccc(F)cc1. The average molecular weight is 582 g/mol. The van der Waals surface area contributed by atoms with E-state index < -0.39 is 5.91 Å². The van der Waals surface area contributed by atoms with Crippen molar-refractivity contribution in [3.05, 3.63) is 98.8 Å². The van der Waals surface area contributed by atoms with Gasteiger partial charge in [0.05, 0.1) is 24.3 Å². The van der Waals surface area contributed by atoms with Crippen LogP contribution >= 0.6 is 22.9 Å². The van der Waals surface area contributed by atoms with Crippen molar-refractivity contribution in [2.45, 2.75) is 26.9 Å². The molecule has 0 aliphatic rings. The minimum atomic E-state index is -0.417. The van der Waals surface area contributed by atoms with Gasteiger partial charge in [0.2, 0.25) is 11.0 Å². The van der Waals surface area contributed by atoms with Crippen molar-refractivity contribution < 1.29 is 23.5 Å². The maximum absolute atomic E-state index is 13.1. The van der Waals surface area contributed by atoms with E-state index in [1.165, 1.54) is 18.3 Å². The maximum atomic E-state index is 13.1. The normalized spacial score (nSPS) is 10.9. The third-order valence-electron chi connectivity index (χ3n) is 5.34. The van der Waals surface area contributed by atoms with Crippen molar-refractivity contribution in [3.63, 3.8) is 0 Å². The van der Waals surface area contributed by atoms with Gasteiger partial charge in [0.15, 0.2) is 11.5 Å². The molecule has 1 aromatic heterocycles. The van der Waals surface area contributed by atoms with E-state index in [1.807, 2.05) is 26.0 Å². The van der Waals surface area contributed by atoms with Crippen LogP contribution in [0.2, 0.25) is 5.02 Å². The fourth-order valence-electron chi connectivity index (χ4n) is 3.41. The van der Waals surface area contributed by atoms with Gasteiger partial charge in [0.25, 0.3) is 5.91 Å². The zero-order chi connectivity index (χ0) is 28.5. The topological polar surface area (TPSA) is 115 Å². The highest BCUT2D eigenvalue weighted by Crippen LogP contribution is 2.37. The summed E-state index contributed by atoms with van der Waals surface area (Å²) in [6, 6.07) is 16.4. The fraction of sp³-hybridized carbons (Fsp3) is 0.179. The van der Waals surface area contributed by atoms with Gasteiger partial charge >= 0.3 is 0 Å². The van der Waals surface area contributed by atoms with E-state index in [9.17, 15) is 14.0 Å². The number of ether oxygens (including phenoxy) is 2. The van der Waals surface area contributed by atoms with Crippen LogP contribution in [0.25, 0.3) is 0 Å². The molecule has 0 aliphatic carbocycles. The summed E-state index contributed by atoms with van der Waals surface area (Å²) in [7, 11) is 0. The van der Waals surface area contributed by atoms with Gasteiger partial charge in [-0.2, -0.15) is 5.10 Å². The molecule has 0 radical (unpaired) electrons. The Morgan fingerprint density at radius 2 is 1.82 bits per heavy atom. The Labute approximate surface area is 239 Å². The number of hydrogen-bond donors (Lipinski definition) is 2. The molecular weight excluding hydrogens is 557 g/mol. The molecular formula is C28H25ClFN5O4S. The molecule has 2 amide bonds. The second-order valence-electron chi connectivity index (χ2n) is 8.47. The zero-order valence-corrected chi connectivity index (χ0v) is 23.2. The second kappa shape index (κ2) is 13.6. The van der Waals surface area contributed by atoms with Gasteiger partial charge in [0, 0.05) is 5.56 Å². The number of carbonyl (C=O) groups is 2. The predicted molar refractivity (Wildman–Crippen MR) is 152 cm³/mol. The van der Waals surface area contributed by atoms with Crippen LogP contribution < -0.4 is 20.2 Å². The number of benzene rings is 3. The second-order valence-corrected chi connectivity index (χ2v) is 9.94. The lowest BCUT2D eigenvalue weighted by Crippen LogP contribution is -2.19. The van der Waals surface area contributed by atoms with Crippen molar-refractivity contribution in [3.8, 4) is 11.5 Å². The number of halogens is 2. The van der Waals surface area contributed by atoms with Crippen molar-refractivity contribution in [2.75, 3.05) is 11.9 Å². The largest absolute Gasteiger partial charge is 0.490 e. The first-order valence-corrected chi connectivity index (χ1v) is 13.4. The standard InChI is InChI=1S/C28H25ClFN5O4S/c1-3-38-23-13-19(12-22(29)26(23)39-16-18-6-10-21(30)11-7-18)15-31-33-24(36)14-25-34-35-28(40-25)32-27(37)20-8-4-17(2)5-9-20/h4-13,15H,3,14,16H2,1-2H3,(H,33,36)(H,32,35,37). The number of hydrazone groups is 1. The summed E-state index contributed by atoms with van der Waals surface area (Å²) in [6.45, 7) is 4.30. The minimum Gasteiger partial charge on any atom is -0.490 e. The van der Waals surface area contributed by atoms with Crippen molar-refractivity contribution in [2.24, 2.45) is 5.10 Å². The Morgan fingerprint density at radius 3 is 2.55 bits per heavy atom. The molecule has 0 saturated carbocycles. The van der Waals surface area contributed by atoms with E-state index in [-0.39, 0.29) is 34.9 Å². The summed E-state index contributed by atoms with van der Waals surface area (Å²) in [4.78, 5) is 24.7. The predicted octanol–water partition coefficient (Wildman–Crippen LogP) is 5.56. The van der Waals surface area contributed by atoms with Gasteiger partial charge in [-0.15, -0.1) is 10.2 Å². The fourth-order valence-corrected chi connectivity index (χ4v) is 4.41. The van der Waals surface area contributed by atoms with E-state index in [4.69, 9.17) is 21.1 Å². The quantitative estimate of drug-likeness (QED) is 0.177. The lowest BCUT2D eigenvalue weighted by atomic mass is 10.1. The first-order chi connectivity index (χ1) is 19.3. The summed E-state index contributed by atoms with van der Waals surface area (Å²) in [5.74, 6) is -0.314. The van der Waals surface area contributed by atoms with Gasteiger partial charge in [-0.25, -0.2) is 9.82 Å². The highest BCUT2D eigenvalue weighted by molar-refractivity contribution is 7.15. The van der Waals surface area contributed by atoms with E-state index in [0.717, 1.165) is 22.5 Å². The molecule has 3 aromatic carbocycles. The lowest BCUT2D eigenvalue weighted by molar-refractivity contribution is -0.120. The molecule has 40 heavy (non-hydrogen) atoms. The molecule has 9 nitrogen and oxygen atoms in total. The number of anilines is 1. The van der Waals surface area contributed by atoms with E-state index in [2.05, 4.69) is 26.0 Å². The van der Waals surface area contributed by atoms with Crippen molar-refractivity contribution in [1.82, 2.24) is 15.6 Å². The molecule has 206 valence electrons. The first kappa shape index (κ1) is 28.7. The molecule has 4 rings (SSSR count). The van der Waals surface area contributed by atoms with Crippen LogP contribution in [0, 0.1) is 12.7 Å². The van der Waals surface area contributed by atoms with Crippen LogP contribution in [-0.2, 0) is 17.8 Å². The molecule has 0 spiro atoms. The maximum Gasteiger partial charge on any atom is 0.257 e. The molecule has 2 N–H and O–H groups in total. The lowest BCUT2D eigenvalue weighted by Gasteiger charge is -2.14. The number of nitrogens with zero attached hydrogens (tertiary/aromatic N) is 3. The number of amides is 2. The van der Waals surface area contributed by atoms with Gasteiger partial charge in [-0.05, 0) is 61.4 Å². The molecule has 0 unspecified atom stereocenters. The molecule has 0 fully saturated rings. The Bertz CT molecular complexity index is 1510. The van der Waals surface area contributed by atoms with E-state index >= 15 is 0 Å². The summed E-state index contributed by atoms with van der Waals surface area (Å²) in [6.07, 6.45) is 1.35. The van der Waals surface area contributed by atoms with Crippen LogP contribution in [0.4, 0.5) is 9.52 Å². The molecule has 0 bridgehead atoms. The van der Waals surface area contributed by atoms with Gasteiger partial charge < -0.3 is 9.47 Å². The average Bonchev–Trinajstić information content (AvgIpc) is 3.36. The van der Waals surface area contributed by atoms with Crippen LogP contribution in [0.5, 0.6) is 11.5 Å². The van der Waals surface area contributed by atoms with Crippen LogP contribution in [-0.4, -0.2) is 34.8 Å². The van der Waals surface area contributed by atoms with Gasteiger partial charge in [0.1, 0.15) is 17.4 Å². The highest BCUT2D eigenvalue weighted by Gasteiger charge is 2.14. The molecule has 12 heteroatoms. The molecule has 0 atom stereocenters. The number of nitrogens with one attached hydrogen (secondary N) is 2. The molecule has 0 aliphatic heterocycles. The van der Waals surface area contributed by atoms with Crippen LogP contribution in [0.3, 0.4) is 0 Å².